The molecule has 0 bridgehead atoms. The Morgan fingerprint density at radius 3 is 1.67 bits per heavy atom. The van der Waals surface area contributed by atoms with Gasteiger partial charge in [-0.3, -0.25) is 0 Å². The van der Waals surface area contributed by atoms with Crippen LogP contribution >= 0.6 is 0 Å². The largest absolute Gasteiger partial charge is 0.454 e. The molecule has 0 N–H and O–H groups in total. The molecule has 0 saturated carbocycles. The first kappa shape index (κ1) is 24.2. The van der Waals surface area contributed by atoms with Crippen LogP contribution in [0.15, 0.2) is 162 Å². The molecule has 2 heterocycles. The monoisotopic (exact) mass is 538 g/mol. The number of pyridine rings is 1. The van der Waals surface area contributed by atoms with Gasteiger partial charge in [-0.15, -0.1) is 0 Å². The Labute approximate surface area is 243 Å². The van der Waals surface area contributed by atoms with Gasteiger partial charge >= 0.3 is 0 Å². The molecule has 2 aromatic heterocycles. The van der Waals surface area contributed by atoms with E-state index in [-0.39, 0.29) is 0 Å². The maximum atomic E-state index is 6.28. The minimum atomic E-state index is 0.796. The molecular formula is C39H26N2O. The standard InChI is InChI=1S/C39H26N2O/c1-3-11-27(12-4-1)29-16-9-18-32(23-29)41(33-19-10-17-30(24-33)28-13-5-2-6-14-28)34-21-22-37-35(26-34)39-38(42-37)25-31-15-7-8-20-36(31)40-39/h1-26H. The lowest BCUT2D eigenvalue weighted by molar-refractivity contribution is 0.669. The Kier molecular flexibility index (Phi) is 5.79. The van der Waals surface area contributed by atoms with E-state index in [1.165, 1.54) is 22.3 Å². The molecule has 0 saturated heterocycles. The van der Waals surface area contributed by atoms with E-state index in [1.807, 2.05) is 18.2 Å². The van der Waals surface area contributed by atoms with Gasteiger partial charge in [-0.2, -0.15) is 0 Å². The van der Waals surface area contributed by atoms with E-state index in [1.54, 1.807) is 0 Å². The van der Waals surface area contributed by atoms with E-state index in [9.17, 15) is 0 Å². The van der Waals surface area contributed by atoms with E-state index in [0.717, 1.165) is 50.0 Å². The summed E-state index contributed by atoms with van der Waals surface area (Å²) < 4.78 is 6.28. The molecule has 42 heavy (non-hydrogen) atoms. The summed E-state index contributed by atoms with van der Waals surface area (Å²) in [7, 11) is 0. The van der Waals surface area contributed by atoms with Crippen LogP contribution in [0.2, 0.25) is 0 Å². The molecule has 0 radical (unpaired) electrons. The summed E-state index contributed by atoms with van der Waals surface area (Å²) in [5.41, 5.74) is 11.4. The van der Waals surface area contributed by atoms with Crippen molar-refractivity contribution in [2.75, 3.05) is 4.90 Å². The fraction of sp³-hybridized carbons (Fsp3) is 0. The number of benzene rings is 6. The molecule has 0 aliphatic heterocycles. The van der Waals surface area contributed by atoms with E-state index in [2.05, 4.69) is 144 Å². The third-order valence-electron chi connectivity index (χ3n) is 7.81. The number of aromatic nitrogens is 1. The maximum Gasteiger partial charge on any atom is 0.154 e. The van der Waals surface area contributed by atoms with Crippen LogP contribution in [0.4, 0.5) is 17.1 Å². The molecule has 3 nitrogen and oxygen atoms in total. The molecular weight excluding hydrogens is 512 g/mol. The number of hydrogen-bond donors (Lipinski definition) is 0. The van der Waals surface area contributed by atoms with Crippen molar-refractivity contribution < 1.29 is 4.42 Å². The molecule has 3 heteroatoms. The molecule has 0 atom stereocenters. The van der Waals surface area contributed by atoms with Crippen LogP contribution in [-0.2, 0) is 0 Å². The van der Waals surface area contributed by atoms with Gasteiger partial charge in [-0.05, 0) is 76.9 Å². The number of fused-ring (bicyclic) bond motifs is 4. The van der Waals surface area contributed by atoms with E-state index in [0.29, 0.717) is 0 Å². The third kappa shape index (κ3) is 4.29. The molecule has 8 rings (SSSR count). The van der Waals surface area contributed by atoms with E-state index >= 15 is 0 Å². The summed E-state index contributed by atoms with van der Waals surface area (Å²) >= 11 is 0. The van der Waals surface area contributed by atoms with Crippen LogP contribution in [0, 0.1) is 0 Å². The number of rotatable bonds is 5. The number of anilines is 3. The van der Waals surface area contributed by atoms with E-state index < -0.39 is 0 Å². The Morgan fingerprint density at radius 2 is 1.00 bits per heavy atom. The number of para-hydroxylation sites is 1. The number of furan rings is 1. The summed E-state index contributed by atoms with van der Waals surface area (Å²) in [6.07, 6.45) is 0. The molecule has 8 aromatic rings. The second-order valence-corrected chi connectivity index (χ2v) is 10.5. The van der Waals surface area contributed by atoms with Crippen LogP contribution in [0.1, 0.15) is 0 Å². The van der Waals surface area contributed by atoms with Crippen LogP contribution in [0.3, 0.4) is 0 Å². The second-order valence-electron chi connectivity index (χ2n) is 10.5. The van der Waals surface area contributed by atoms with Gasteiger partial charge in [-0.1, -0.05) is 103 Å². The van der Waals surface area contributed by atoms with Crippen molar-refractivity contribution in [2.45, 2.75) is 0 Å². The van der Waals surface area contributed by atoms with Gasteiger partial charge in [0.2, 0.25) is 0 Å². The van der Waals surface area contributed by atoms with Crippen LogP contribution in [0.5, 0.6) is 0 Å². The van der Waals surface area contributed by atoms with Crippen molar-refractivity contribution in [3.63, 3.8) is 0 Å². The molecule has 0 fully saturated rings. The van der Waals surface area contributed by atoms with Gasteiger partial charge in [0.1, 0.15) is 11.1 Å². The van der Waals surface area contributed by atoms with Gasteiger partial charge in [0.05, 0.1) is 5.52 Å². The van der Waals surface area contributed by atoms with E-state index in [4.69, 9.17) is 9.40 Å². The van der Waals surface area contributed by atoms with Crippen LogP contribution in [0.25, 0.3) is 55.2 Å². The quantitative estimate of drug-likeness (QED) is 0.218. The highest BCUT2D eigenvalue weighted by Gasteiger charge is 2.17. The minimum Gasteiger partial charge on any atom is -0.454 e. The van der Waals surface area contributed by atoms with Gasteiger partial charge in [0.15, 0.2) is 5.58 Å². The van der Waals surface area contributed by atoms with Crippen LogP contribution in [-0.4, -0.2) is 4.98 Å². The Balaban J connectivity index is 1.33. The Hall–Kier alpha value is -5.67. The zero-order chi connectivity index (χ0) is 27.9. The summed E-state index contributed by atoms with van der Waals surface area (Å²) in [6.45, 7) is 0. The van der Waals surface area contributed by atoms with Crippen molar-refractivity contribution in [1.29, 1.82) is 0 Å². The molecule has 0 unspecified atom stereocenters. The molecule has 6 aromatic carbocycles. The zero-order valence-electron chi connectivity index (χ0n) is 22.8. The summed E-state index contributed by atoms with van der Waals surface area (Å²) in [5, 5.41) is 2.07. The number of nitrogens with zero attached hydrogens (tertiary/aromatic N) is 2. The average molecular weight is 539 g/mol. The first-order valence-electron chi connectivity index (χ1n) is 14.1. The third-order valence-corrected chi connectivity index (χ3v) is 7.81. The Morgan fingerprint density at radius 1 is 0.429 bits per heavy atom. The van der Waals surface area contributed by atoms with Crippen molar-refractivity contribution in [1.82, 2.24) is 4.98 Å². The number of hydrogen-bond acceptors (Lipinski definition) is 3. The van der Waals surface area contributed by atoms with Crippen molar-refractivity contribution in [2.24, 2.45) is 0 Å². The summed E-state index contributed by atoms with van der Waals surface area (Å²) in [5.74, 6) is 0. The van der Waals surface area contributed by atoms with Gasteiger partial charge in [-0.25, -0.2) is 4.98 Å². The molecule has 0 aliphatic carbocycles. The van der Waals surface area contributed by atoms with Crippen LogP contribution < -0.4 is 4.90 Å². The smallest absolute Gasteiger partial charge is 0.154 e. The lowest BCUT2D eigenvalue weighted by Crippen LogP contribution is -2.10. The maximum absolute atomic E-state index is 6.28. The Bertz CT molecular complexity index is 2120. The van der Waals surface area contributed by atoms with Crippen molar-refractivity contribution in [3.8, 4) is 22.3 Å². The van der Waals surface area contributed by atoms with Gasteiger partial charge in [0, 0.05) is 27.8 Å². The van der Waals surface area contributed by atoms with Gasteiger partial charge < -0.3 is 9.32 Å². The normalized spacial score (nSPS) is 11.3. The summed E-state index contributed by atoms with van der Waals surface area (Å²) in [4.78, 5) is 7.32. The predicted molar refractivity (Wildman–Crippen MR) is 175 cm³/mol. The highest BCUT2D eigenvalue weighted by Crippen LogP contribution is 2.41. The van der Waals surface area contributed by atoms with Crippen molar-refractivity contribution >= 4 is 50.0 Å². The molecule has 198 valence electrons. The SMILES string of the molecule is c1ccc(-c2cccc(N(c3cccc(-c4ccccc4)c3)c3ccc4oc5cc6ccccc6nc5c4c3)c2)cc1. The molecule has 0 aliphatic rings. The fourth-order valence-corrected chi connectivity index (χ4v) is 5.77. The predicted octanol–water partition coefficient (Wildman–Crippen LogP) is 10.9. The van der Waals surface area contributed by atoms with Gasteiger partial charge in [0.25, 0.3) is 0 Å². The fourth-order valence-electron chi connectivity index (χ4n) is 5.77. The zero-order valence-corrected chi connectivity index (χ0v) is 22.8. The minimum absolute atomic E-state index is 0.796. The second kappa shape index (κ2) is 10.1. The summed E-state index contributed by atoms with van der Waals surface area (Å²) in [6, 6.07) is 55.1. The first-order valence-corrected chi connectivity index (χ1v) is 14.1. The molecule has 0 amide bonds. The topological polar surface area (TPSA) is 29.3 Å². The lowest BCUT2D eigenvalue weighted by atomic mass is 10.0. The lowest BCUT2D eigenvalue weighted by Gasteiger charge is -2.26. The highest BCUT2D eigenvalue weighted by atomic mass is 16.3. The molecule has 0 spiro atoms. The van der Waals surface area contributed by atoms with Crippen molar-refractivity contribution in [3.05, 3.63) is 158 Å². The highest BCUT2D eigenvalue weighted by molar-refractivity contribution is 6.07. The first-order chi connectivity index (χ1) is 20.8. The average Bonchev–Trinajstić information content (AvgIpc) is 3.41.